The lowest BCUT2D eigenvalue weighted by Crippen LogP contribution is -2.62. The Hall–Kier alpha value is -2.28. The molecule has 0 aliphatic heterocycles. The number of carboxylic acid groups (broad SMARTS) is 4. The number of hydrogen-bond donors (Lipinski definition) is 5. The average Bonchev–Trinajstić information content (AvgIpc) is 2.51. The van der Waals surface area contributed by atoms with E-state index in [0.29, 0.717) is 0 Å². The van der Waals surface area contributed by atoms with Crippen molar-refractivity contribution < 1.29 is 39.6 Å². The Morgan fingerprint density at radius 2 is 1.21 bits per heavy atom. The fourth-order valence-electron chi connectivity index (χ4n) is 1.87. The van der Waals surface area contributed by atoms with Gasteiger partial charge in [-0.2, -0.15) is 5.12 Å². The molecule has 0 rings (SSSR count). The first-order valence-electron chi connectivity index (χ1n) is 8.55. The van der Waals surface area contributed by atoms with E-state index in [1.807, 2.05) is 0 Å². The first-order chi connectivity index (χ1) is 12.7. The molecule has 12 heteroatoms. The van der Waals surface area contributed by atoms with E-state index in [1.165, 1.54) is 18.9 Å². The molecule has 0 radical (unpaired) electrons. The predicted molar refractivity (Wildman–Crippen MR) is 99.2 cm³/mol. The van der Waals surface area contributed by atoms with Gasteiger partial charge in [0.05, 0.1) is 6.54 Å². The van der Waals surface area contributed by atoms with E-state index in [2.05, 4.69) is 0 Å². The van der Waals surface area contributed by atoms with E-state index in [1.54, 1.807) is 19.0 Å². The number of rotatable bonds is 13. The van der Waals surface area contributed by atoms with E-state index >= 15 is 0 Å². The molecule has 0 unspecified atom stereocenters. The Kier molecular flexibility index (Phi) is 13.8. The SMILES string of the molecule is CC(C)(C(=O)O)N(N)N(CCCC(=O)O)CCCC(=O)O.CN(C)CC(=O)O. The maximum atomic E-state index is 11.2. The summed E-state index contributed by atoms with van der Waals surface area (Å²) >= 11 is 0. The highest BCUT2D eigenvalue weighted by Crippen LogP contribution is 2.15. The van der Waals surface area contributed by atoms with Crippen molar-refractivity contribution in [2.24, 2.45) is 5.84 Å². The number of carboxylic acids is 4. The van der Waals surface area contributed by atoms with E-state index in [4.69, 9.17) is 26.3 Å². The number of aliphatic carboxylic acids is 4. The Morgan fingerprint density at radius 3 is 1.43 bits per heavy atom. The van der Waals surface area contributed by atoms with Crippen LogP contribution in [-0.4, -0.2) is 98.6 Å². The van der Waals surface area contributed by atoms with Crippen LogP contribution in [-0.2, 0) is 19.2 Å². The third-order valence-electron chi connectivity index (χ3n) is 3.47. The molecule has 0 saturated carbocycles. The van der Waals surface area contributed by atoms with Crippen LogP contribution in [0.25, 0.3) is 0 Å². The molecule has 0 atom stereocenters. The number of nitrogens with two attached hydrogens (primary N) is 1. The summed E-state index contributed by atoms with van der Waals surface area (Å²) in [5.41, 5.74) is -1.38. The molecular formula is C16H32N4O8. The van der Waals surface area contributed by atoms with Crippen molar-refractivity contribution in [2.45, 2.75) is 45.1 Å². The summed E-state index contributed by atoms with van der Waals surface area (Å²) in [7, 11) is 3.43. The van der Waals surface area contributed by atoms with Crippen molar-refractivity contribution in [3.05, 3.63) is 0 Å². The third kappa shape index (κ3) is 13.9. The second kappa shape index (κ2) is 13.8. The van der Waals surface area contributed by atoms with Gasteiger partial charge in [-0.25, -0.2) is 5.01 Å². The van der Waals surface area contributed by atoms with E-state index in [0.717, 1.165) is 5.12 Å². The second-order valence-electron chi connectivity index (χ2n) is 6.79. The van der Waals surface area contributed by atoms with Crippen molar-refractivity contribution in [2.75, 3.05) is 33.7 Å². The molecule has 6 N–H and O–H groups in total. The van der Waals surface area contributed by atoms with Crippen LogP contribution in [0, 0.1) is 0 Å². The van der Waals surface area contributed by atoms with Crippen LogP contribution in [0.2, 0.25) is 0 Å². The lowest BCUT2D eigenvalue weighted by Gasteiger charge is -2.39. The minimum absolute atomic E-state index is 0.0726. The molecule has 0 aliphatic carbocycles. The molecule has 0 aromatic heterocycles. The molecule has 0 fully saturated rings. The Morgan fingerprint density at radius 1 is 0.821 bits per heavy atom. The molecule has 0 bridgehead atoms. The summed E-state index contributed by atoms with van der Waals surface area (Å²) < 4.78 is 0. The number of carbonyl (C=O) groups is 4. The van der Waals surface area contributed by atoms with Gasteiger partial charge < -0.3 is 20.4 Å². The number of hydrogen-bond acceptors (Lipinski definition) is 8. The Labute approximate surface area is 164 Å². The summed E-state index contributed by atoms with van der Waals surface area (Å²) in [5, 5.41) is 36.9. The van der Waals surface area contributed by atoms with Gasteiger partial charge >= 0.3 is 23.9 Å². The average molecular weight is 408 g/mol. The predicted octanol–water partition coefficient (Wildman–Crippen LogP) is -0.395. The standard InChI is InChI=1S/C12H23N3O6.C4H9NO2/c1-12(2,11(20)21)15(13)14(7-3-5-9(16)17)8-4-6-10(18)19;1-5(2)3-4(6)7/h3-8,13H2,1-2H3,(H,16,17)(H,18,19)(H,20,21);3H2,1-2H3,(H,6,7). The highest BCUT2D eigenvalue weighted by Gasteiger charge is 2.36. The fourth-order valence-corrected chi connectivity index (χ4v) is 1.87. The van der Waals surface area contributed by atoms with Gasteiger partial charge in [0.2, 0.25) is 0 Å². The zero-order valence-corrected chi connectivity index (χ0v) is 16.8. The lowest BCUT2D eigenvalue weighted by molar-refractivity contribution is -0.168. The van der Waals surface area contributed by atoms with Crippen LogP contribution in [0.15, 0.2) is 0 Å². The van der Waals surface area contributed by atoms with Gasteiger partial charge in [-0.1, -0.05) is 0 Å². The largest absolute Gasteiger partial charge is 0.481 e. The topological polar surface area (TPSA) is 185 Å². The van der Waals surface area contributed by atoms with E-state index in [9.17, 15) is 19.2 Å². The molecule has 0 amide bonds. The smallest absolute Gasteiger partial charge is 0.326 e. The zero-order valence-electron chi connectivity index (χ0n) is 16.8. The maximum Gasteiger partial charge on any atom is 0.326 e. The molecule has 0 aliphatic rings. The first kappa shape index (κ1) is 27.9. The van der Waals surface area contributed by atoms with Crippen LogP contribution in [0.1, 0.15) is 39.5 Å². The monoisotopic (exact) mass is 408 g/mol. The molecule has 0 aromatic rings. The lowest BCUT2D eigenvalue weighted by atomic mass is 10.1. The Balaban J connectivity index is 0. The Bertz CT molecular complexity index is 505. The molecule has 0 heterocycles. The normalized spacial score (nSPS) is 11.3. The molecule has 0 saturated heterocycles. The highest BCUT2D eigenvalue weighted by molar-refractivity contribution is 5.77. The van der Waals surface area contributed by atoms with Crippen LogP contribution < -0.4 is 5.84 Å². The van der Waals surface area contributed by atoms with E-state index < -0.39 is 29.4 Å². The van der Waals surface area contributed by atoms with Gasteiger partial charge in [-0.3, -0.25) is 29.9 Å². The van der Waals surface area contributed by atoms with Crippen molar-refractivity contribution in [3.8, 4) is 0 Å². The van der Waals surface area contributed by atoms with Crippen molar-refractivity contribution in [3.63, 3.8) is 0 Å². The molecule has 0 aromatic carbocycles. The van der Waals surface area contributed by atoms with Gasteiger partial charge in [-0.15, -0.1) is 0 Å². The molecule has 12 nitrogen and oxygen atoms in total. The molecule has 164 valence electrons. The number of nitrogens with zero attached hydrogens (tertiary/aromatic N) is 3. The third-order valence-corrected chi connectivity index (χ3v) is 3.47. The van der Waals surface area contributed by atoms with Gasteiger partial charge in [0.25, 0.3) is 0 Å². The van der Waals surface area contributed by atoms with Crippen LogP contribution in [0.4, 0.5) is 0 Å². The van der Waals surface area contributed by atoms with Crippen LogP contribution >= 0.6 is 0 Å². The van der Waals surface area contributed by atoms with Crippen LogP contribution in [0.5, 0.6) is 0 Å². The van der Waals surface area contributed by atoms with Crippen molar-refractivity contribution in [1.29, 1.82) is 0 Å². The maximum absolute atomic E-state index is 11.2. The van der Waals surface area contributed by atoms with Gasteiger partial charge in [0.15, 0.2) is 0 Å². The number of likely N-dealkylation sites (N-methyl/N-ethyl adjacent to an activating group) is 1. The summed E-state index contributed by atoms with van der Waals surface area (Å²) in [6.45, 7) is 3.41. The molecular weight excluding hydrogens is 376 g/mol. The fraction of sp³-hybridized carbons (Fsp3) is 0.750. The second-order valence-corrected chi connectivity index (χ2v) is 6.79. The first-order valence-corrected chi connectivity index (χ1v) is 8.55. The van der Waals surface area contributed by atoms with E-state index in [-0.39, 0.29) is 45.3 Å². The van der Waals surface area contributed by atoms with Crippen molar-refractivity contribution in [1.82, 2.24) is 15.0 Å². The zero-order chi connectivity index (χ0) is 22.5. The van der Waals surface area contributed by atoms with Gasteiger partial charge in [0.1, 0.15) is 5.54 Å². The van der Waals surface area contributed by atoms with Crippen molar-refractivity contribution >= 4 is 23.9 Å². The molecule has 0 spiro atoms. The quantitative estimate of drug-likeness (QED) is 0.196. The molecule has 28 heavy (non-hydrogen) atoms. The minimum Gasteiger partial charge on any atom is -0.481 e. The highest BCUT2D eigenvalue weighted by atomic mass is 16.4. The van der Waals surface area contributed by atoms with Gasteiger partial charge in [-0.05, 0) is 40.8 Å². The summed E-state index contributed by atoms with van der Waals surface area (Å²) in [6.07, 6.45) is 0.422. The van der Waals surface area contributed by atoms with Gasteiger partial charge in [0, 0.05) is 25.9 Å². The summed E-state index contributed by atoms with van der Waals surface area (Å²) in [4.78, 5) is 43.6. The number of hydrazine groups is 2. The minimum atomic E-state index is -1.38. The van der Waals surface area contributed by atoms with Crippen LogP contribution in [0.3, 0.4) is 0 Å². The summed E-state index contributed by atoms with van der Waals surface area (Å²) in [6, 6.07) is 0. The summed E-state index contributed by atoms with van der Waals surface area (Å²) in [5.74, 6) is 1.98.